The van der Waals surface area contributed by atoms with Crippen LogP contribution < -0.4 is 15.4 Å². The van der Waals surface area contributed by atoms with Crippen LogP contribution in [-0.2, 0) is 9.59 Å². The molecule has 16 heavy (non-hydrogen) atoms. The van der Waals surface area contributed by atoms with Gasteiger partial charge in [0.2, 0.25) is 5.91 Å². The number of ether oxygens (including phenoxy) is 1. The molecule has 1 aliphatic rings. The van der Waals surface area contributed by atoms with E-state index in [0.29, 0.717) is 17.1 Å². The fraction of sp³-hybridized carbons (Fsp3) is 0.273. The zero-order valence-corrected chi connectivity index (χ0v) is 9.06. The lowest BCUT2D eigenvalue weighted by Crippen LogP contribution is -2.46. The van der Waals surface area contributed by atoms with Crippen LogP contribution in [0.4, 0.5) is 11.4 Å². The first-order chi connectivity index (χ1) is 7.50. The normalized spacial score (nSPS) is 19.0. The summed E-state index contributed by atoms with van der Waals surface area (Å²) in [6, 6.07) is 4.88. The second-order valence-corrected chi connectivity index (χ2v) is 3.68. The van der Waals surface area contributed by atoms with Crippen LogP contribution in [0.5, 0.6) is 5.75 Å². The highest BCUT2D eigenvalue weighted by atomic mass is 16.5. The number of anilines is 2. The lowest BCUT2D eigenvalue weighted by Gasteiger charge is -2.30. The molecule has 0 saturated heterocycles. The maximum atomic E-state index is 11.8. The van der Waals surface area contributed by atoms with Crippen molar-refractivity contribution in [1.82, 2.24) is 0 Å². The minimum Gasteiger partial charge on any atom is -0.479 e. The zero-order valence-electron chi connectivity index (χ0n) is 9.06. The molecule has 0 aromatic heterocycles. The molecule has 0 radical (unpaired) electrons. The number of nitrogens with two attached hydrogens (primary N) is 1. The lowest BCUT2D eigenvalue weighted by atomic mass is 10.1. The fourth-order valence-electron chi connectivity index (χ4n) is 1.67. The van der Waals surface area contributed by atoms with E-state index in [1.54, 1.807) is 25.1 Å². The van der Waals surface area contributed by atoms with Crippen molar-refractivity contribution < 1.29 is 14.3 Å². The number of carbonyl (C=O) groups excluding carboxylic acids is 2. The third kappa shape index (κ3) is 1.50. The molecule has 0 bridgehead atoms. The minimum absolute atomic E-state index is 0.341. The van der Waals surface area contributed by atoms with Crippen LogP contribution in [0.25, 0.3) is 0 Å². The topological polar surface area (TPSA) is 72.6 Å². The Morgan fingerprint density at radius 3 is 2.81 bits per heavy atom. The van der Waals surface area contributed by atoms with E-state index in [9.17, 15) is 9.59 Å². The number of rotatable bonds is 0. The third-order valence-electron chi connectivity index (χ3n) is 2.41. The summed E-state index contributed by atoms with van der Waals surface area (Å²) in [7, 11) is 0. The van der Waals surface area contributed by atoms with E-state index in [0.717, 1.165) is 4.90 Å². The van der Waals surface area contributed by atoms with Crippen LogP contribution in [0.2, 0.25) is 0 Å². The number of nitrogen functional groups attached to an aromatic ring is 1. The van der Waals surface area contributed by atoms with E-state index in [2.05, 4.69) is 0 Å². The number of carbonyl (C=O) groups is 2. The third-order valence-corrected chi connectivity index (χ3v) is 2.41. The average Bonchev–Trinajstić information content (AvgIpc) is 2.20. The summed E-state index contributed by atoms with van der Waals surface area (Å²) < 4.78 is 5.38. The predicted octanol–water partition coefficient (Wildman–Crippen LogP) is 0.929. The summed E-state index contributed by atoms with van der Waals surface area (Å²) in [5.41, 5.74) is 6.51. The van der Waals surface area contributed by atoms with Crippen LogP contribution in [0, 0.1) is 0 Å². The molecule has 1 unspecified atom stereocenters. The second kappa shape index (κ2) is 3.52. The molecule has 5 nitrogen and oxygen atoms in total. The number of nitrogens with zero attached hydrogens (tertiary/aromatic N) is 1. The first-order valence-electron chi connectivity index (χ1n) is 4.91. The summed E-state index contributed by atoms with van der Waals surface area (Å²) in [4.78, 5) is 24.3. The number of fused-ring (bicyclic) bond motifs is 1. The van der Waals surface area contributed by atoms with Crippen molar-refractivity contribution in [2.24, 2.45) is 0 Å². The summed E-state index contributed by atoms with van der Waals surface area (Å²) >= 11 is 0. The van der Waals surface area contributed by atoms with Gasteiger partial charge in [0, 0.05) is 12.6 Å². The predicted molar refractivity (Wildman–Crippen MR) is 59.1 cm³/mol. The van der Waals surface area contributed by atoms with Gasteiger partial charge < -0.3 is 10.5 Å². The minimum atomic E-state index is -0.653. The van der Waals surface area contributed by atoms with E-state index in [4.69, 9.17) is 10.5 Å². The lowest BCUT2D eigenvalue weighted by molar-refractivity contribution is -0.130. The fourth-order valence-corrected chi connectivity index (χ4v) is 1.67. The van der Waals surface area contributed by atoms with Gasteiger partial charge in [0.05, 0.1) is 5.69 Å². The number of hydrogen-bond donors (Lipinski definition) is 1. The van der Waals surface area contributed by atoms with Crippen molar-refractivity contribution in [3.63, 3.8) is 0 Å². The first-order valence-corrected chi connectivity index (χ1v) is 4.91. The van der Waals surface area contributed by atoms with Crippen LogP contribution in [0.15, 0.2) is 18.2 Å². The van der Waals surface area contributed by atoms with Crippen LogP contribution in [0.3, 0.4) is 0 Å². The molecule has 1 aromatic carbocycles. The SMILES string of the molecule is CC(=O)N1C(=O)C(C)Oc2ccc(N)cc21. The van der Waals surface area contributed by atoms with Gasteiger partial charge in [0.25, 0.3) is 5.91 Å². The van der Waals surface area contributed by atoms with Crippen molar-refractivity contribution in [2.45, 2.75) is 20.0 Å². The Labute approximate surface area is 92.8 Å². The summed E-state index contributed by atoms with van der Waals surface area (Å²) in [6.07, 6.45) is -0.653. The Hall–Kier alpha value is -2.04. The van der Waals surface area contributed by atoms with E-state index in [1.807, 2.05) is 0 Å². The van der Waals surface area contributed by atoms with Gasteiger partial charge in [-0.15, -0.1) is 0 Å². The smallest absolute Gasteiger partial charge is 0.274 e. The van der Waals surface area contributed by atoms with Gasteiger partial charge >= 0.3 is 0 Å². The standard InChI is InChI=1S/C11H12N2O3/c1-6-11(15)13(7(2)14)9-5-8(12)3-4-10(9)16-6/h3-6H,12H2,1-2H3. The Morgan fingerprint density at radius 2 is 2.19 bits per heavy atom. The van der Waals surface area contributed by atoms with Crippen molar-refractivity contribution in [3.05, 3.63) is 18.2 Å². The Kier molecular flexibility index (Phi) is 2.30. The van der Waals surface area contributed by atoms with Gasteiger partial charge in [-0.05, 0) is 25.1 Å². The van der Waals surface area contributed by atoms with Crippen molar-refractivity contribution >= 4 is 23.2 Å². The van der Waals surface area contributed by atoms with Crippen LogP contribution in [0.1, 0.15) is 13.8 Å². The molecule has 0 spiro atoms. The quantitative estimate of drug-likeness (QED) is 0.660. The van der Waals surface area contributed by atoms with E-state index >= 15 is 0 Å². The molecule has 2 N–H and O–H groups in total. The maximum Gasteiger partial charge on any atom is 0.274 e. The first kappa shape index (κ1) is 10.5. The van der Waals surface area contributed by atoms with Gasteiger partial charge in [-0.1, -0.05) is 0 Å². The average molecular weight is 220 g/mol. The number of amides is 2. The maximum absolute atomic E-state index is 11.8. The van der Waals surface area contributed by atoms with Gasteiger partial charge in [-0.2, -0.15) is 0 Å². The molecule has 84 valence electrons. The number of benzene rings is 1. The van der Waals surface area contributed by atoms with E-state index < -0.39 is 6.10 Å². The van der Waals surface area contributed by atoms with Gasteiger partial charge in [0.1, 0.15) is 5.75 Å². The summed E-state index contributed by atoms with van der Waals surface area (Å²) in [5, 5.41) is 0. The molecule has 5 heteroatoms. The molecular formula is C11H12N2O3. The Bertz CT molecular complexity index is 470. The largest absolute Gasteiger partial charge is 0.479 e. The van der Waals surface area contributed by atoms with Crippen molar-refractivity contribution in [3.8, 4) is 5.75 Å². The molecule has 0 aliphatic carbocycles. The molecule has 1 aliphatic heterocycles. The number of hydrogen-bond acceptors (Lipinski definition) is 4. The molecule has 1 aromatic rings. The molecule has 1 atom stereocenters. The molecule has 2 rings (SSSR count). The Balaban J connectivity index is 2.58. The monoisotopic (exact) mass is 220 g/mol. The van der Waals surface area contributed by atoms with Crippen LogP contribution >= 0.6 is 0 Å². The zero-order chi connectivity index (χ0) is 11.9. The van der Waals surface area contributed by atoms with Gasteiger partial charge in [-0.3, -0.25) is 9.59 Å². The summed E-state index contributed by atoms with van der Waals surface area (Å²) in [6.45, 7) is 2.94. The molecule has 0 saturated carbocycles. The highest BCUT2D eigenvalue weighted by molar-refractivity contribution is 6.17. The highest BCUT2D eigenvalue weighted by Gasteiger charge is 2.34. The van der Waals surface area contributed by atoms with Crippen molar-refractivity contribution in [1.29, 1.82) is 0 Å². The Morgan fingerprint density at radius 1 is 1.50 bits per heavy atom. The second-order valence-electron chi connectivity index (χ2n) is 3.68. The van der Waals surface area contributed by atoms with E-state index in [-0.39, 0.29) is 11.8 Å². The molecule has 2 amide bonds. The molecular weight excluding hydrogens is 208 g/mol. The highest BCUT2D eigenvalue weighted by Crippen LogP contribution is 2.35. The number of imide groups is 1. The van der Waals surface area contributed by atoms with Crippen LogP contribution in [-0.4, -0.2) is 17.9 Å². The van der Waals surface area contributed by atoms with Gasteiger partial charge in [0.15, 0.2) is 6.10 Å². The van der Waals surface area contributed by atoms with Gasteiger partial charge in [-0.25, -0.2) is 4.90 Å². The van der Waals surface area contributed by atoms with E-state index in [1.165, 1.54) is 6.92 Å². The molecule has 0 fully saturated rings. The van der Waals surface area contributed by atoms with Crippen molar-refractivity contribution in [2.75, 3.05) is 10.6 Å². The molecule has 1 heterocycles. The summed E-state index contributed by atoms with van der Waals surface area (Å²) in [5.74, 6) is -0.214.